The molecule has 0 aliphatic rings. The first-order valence-corrected chi connectivity index (χ1v) is 40.6. The number of hydrogen-bond donors (Lipinski definition) is 10. The van der Waals surface area contributed by atoms with Gasteiger partial charge in [-0.15, -0.1) is 0 Å². The van der Waals surface area contributed by atoms with E-state index in [0.717, 1.165) is 43.6 Å². The van der Waals surface area contributed by atoms with Gasteiger partial charge in [0.05, 0.1) is 135 Å². The minimum Gasteiger partial charge on any atom is -0.496 e. The first-order valence-electron chi connectivity index (χ1n) is 36.0. The molecular formula is C75H75Br2Cl8N25O16. The lowest BCUT2D eigenvalue weighted by atomic mass is 10.1. The number of nitrogens with one attached hydrogen (secondary N) is 5. The molecule has 10 heterocycles. The third-order valence-electron chi connectivity index (χ3n) is 19.1. The highest BCUT2D eigenvalue weighted by molar-refractivity contribution is 9.11. The smallest absolute Gasteiger partial charge is 0.328 e. The highest BCUT2D eigenvalue weighted by Gasteiger charge is 2.28. The number of aromatic amines is 5. The molecular weight excluding hydrogens is 1950 g/mol. The summed E-state index contributed by atoms with van der Waals surface area (Å²) < 4.78 is 67.3. The molecule has 15 rings (SSSR count). The number of methoxy groups -OCH3 is 11. The summed E-state index contributed by atoms with van der Waals surface area (Å²) in [7, 11) is 16.8. The molecule has 41 nitrogen and oxygen atoms in total. The summed E-state index contributed by atoms with van der Waals surface area (Å²) in [4.78, 5) is 115. The highest BCUT2D eigenvalue weighted by atomic mass is 79.9. The Kier molecular flexibility index (Phi) is 29.8. The number of nitrogens with two attached hydrogens (primary N) is 5. The van der Waals surface area contributed by atoms with Crippen LogP contribution in [-0.4, -0.2) is 176 Å². The summed E-state index contributed by atoms with van der Waals surface area (Å²) in [6.07, 6.45) is 0. The van der Waals surface area contributed by atoms with Crippen molar-refractivity contribution in [3.8, 4) is 63.2 Å². The van der Waals surface area contributed by atoms with Crippen LogP contribution in [0.15, 0.2) is 63.2 Å². The number of H-pyrrole nitrogens is 5. The van der Waals surface area contributed by atoms with Crippen LogP contribution < -0.4 is 109 Å². The van der Waals surface area contributed by atoms with E-state index < -0.39 is 17.1 Å². The number of rotatable bonds is 21. The normalized spacial score (nSPS) is 11.1. The molecule has 15 aromatic rings. The van der Waals surface area contributed by atoms with Crippen LogP contribution in [0.5, 0.6) is 63.2 Å². The topological polar surface area (TPSA) is 549 Å². The number of benzene rings is 5. The van der Waals surface area contributed by atoms with Crippen LogP contribution >= 0.6 is 125 Å². The zero-order chi connectivity index (χ0) is 92.2. The van der Waals surface area contributed by atoms with E-state index in [0.29, 0.717) is 128 Å². The second kappa shape index (κ2) is 39.6. The van der Waals surface area contributed by atoms with Gasteiger partial charge in [-0.25, -0.2) is 24.0 Å². The Labute approximate surface area is 767 Å². The van der Waals surface area contributed by atoms with Crippen LogP contribution in [0.25, 0.3) is 55.8 Å². The summed E-state index contributed by atoms with van der Waals surface area (Å²) in [5.74, 6) is 5.35. The molecule has 0 aliphatic heterocycles. The average molecular weight is 2030 g/mol. The van der Waals surface area contributed by atoms with Gasteiger partial charge in [0.1, 0.15) is 56.3 Å². The largest absolute Gasteiger partial charge is 0.496 e. The van der Waals surface area contributed by atoms with Gasteiger partial charge in [0, 0.05) is 16.7 Å². The molecule has 666 valence electrons. The second-order valence-corrected chi connectivity index (χ2v) is 30.9. The van der Waals surface area contributed by atoms with Crippen molar-refractivity contribution >= 4 is 210 Å². The maximum Gasteiger partial charge on any atom is 0.328 e. The van der Waals surface area contributed by atoms with E-state index in [-0.39, 0.29) is 121 Å². The van der Waals surface area contributed by atoms with Gasteiger partial charge in [-0.1, -0.05) is 92.8 Å². The second-order valence-electron chi connectivity index (χ2n) is 26.4. The fourth-order valence-corrected chi connectivity index (χ4v) is 16.5. The van der Waals surface area contributed by atoms with Crippen molar-refractivity contribution in [1.82, 2.24) is 97.6 Å². The van der Waals surface area contributed by atoms with Gasteiger partial charge in [0.2, 0.25) is 41.2 Å². The molecule has 126 heavy (non-hydrogen) atoms. The molecule has 0 spiro atoms. The van der Waals surface area contributed by atoms with Crippen molar-refractivity contribution in [2.45, 2.75) is 60.4 Å². The molecule has 0 radical (unpaired) electrons. The molecule has 0 amide bonds. The number of ether oxygens (including phenoxy) is 11. The third-order valence-corrected chi connectivity index (χ3v) is 23.5. The maximum atomic E-state index is 12.4. The lowest BCUT2D eigenvalue weighted by Gasteiger charge is -2.17. The maximum absolute atomic E-state index is 12.4. The Morgan fingerprint density at radius 2 is 0.524 bits per heavy atom. The summed E-state index contributed by atoms with van der Waals surface area (Å²) in [6, 6.07) is 8.85. The monoisotopic (exact) mass is 2020 g/mol. The lowest BCUT2D eigenvalue weighted by molar-refractivity contribution is 0.322. The molecule has 0 unspecified atom stereocenters. The summed E-state index contributed by atoms with van der Waals surface area (Å²) in [5, 5.41) is 1.59. The first-order chi connectivity index (χ1) is 59.9. The van der Waals surface area contributed by atoms with Crippen molar-refractivity contribution in [1.29, 1.82) is 0 Å². The number of aromatic nitrogens is 20. The number of nitrogen functional groups attached to an aromatic ring is 5. The Morgan fingerprint density at radius 1 is 0.286 bits per heavy atom. The van der Waals surface area contributed by atoms with Crippen molar-refractivity contribution in [3.05, 3.63) is 183 Å². The number of anilines is 5. The van der Waals surface area contributed by atoms with Crippen LogP contribution in [-0.2, 0) is 32.7 Å². The van der Waals surface area contributed by atoms with Crippen molar-refractivity contribution in [3.63, 3.8) is 0 Å². The van der Waals surface area contributed by atoms with E-state index in [9.17, 15) is 24.0 Å². The predicted octanol–water partition coefficient (Wildman–Crippen LogP) is 11.8. The molecule has 51 heteroatoms. The van der Waals surface area contributed by atoms with Gasteiger partial charge in [-0.2, -0.15) is 49.8 Å². The minimum absolute atomic E-state index is 0.00608. The highest BCUT2D eigenvalue weighted by Crippen LogP contribution is 2.48. The molecule has 10 aromatic heterocycles. The van der Waals surface area contributed by atoms with Gasteiger partial charge >= 0.3 is 28.4 Å². The molecule has 0 saturated heterocycles. The predicted molar refractivity (Wildman–Crippen MR) is 487 cm³/mol. The SMILES string of the molecule is COc1c(C)cc(Cn2c(=O)[nH]c3c(Cl)nc(N)nc32)c(Cl)c1C.COc1cc(Cn2c(=O)[nH]c3c(Cl)nc(N)nc32)c(Br)c(OC)c1C.COc1cc(Cn2c(=O)[nH]c3c(Cl)nc(N)nc32)c(Br)c(OC)c1OC.COc1cc(Cn2c(=O)[nH]c3c(Cl)nc(N)nc32)c(Cl)c(OC)c1C.COc1cc(Cn2c(=O)[nH]c3c(Cl)nc(N)nc32)c(Cl)c(OC)c1OC. The van der Waals surface area contributed by atoms with Gasteiger partial charge in [-0.05, 0) is 123 Å². The van der Waals surface area contributed by atoms with Crippen molar-refractivity contribution in [2.24, 2.45) is 0 Å². The van der Waals surface area contributed by atoms with E-state index in [1.165, 1.54) is 72.6 Å². The van der Waals surface area contributed by atoms with E-state index in [4.69, 9.17) is 174 Å². The van der Waals surface area contributed by atoms with E-state index in [1.807, 2.05) is 39.8 Å². The van der Waals surface area contributed by atoms with Crippen LogP contribution in [0.2, 0.25) is 40.8 Å². The zero-order valence-electron chi connectivity index (χ0n) is 68.8. The fraction of sp³-hybridized carbons (Fsp3) is 0.267. The fourth-order valence-electron chi connectivity index (χ4n) is 13.3. The summed E-state index contributed by atoms with van der Waals surface area (Å²) in [5.41, 5.74) is 36.1. The molecule has 0 bridgehead atoms. The number of imidazole rings is 5. The van der Waals surface area contributed by atoms with Gasteiger partial charge in [0.25, 0.3) is 0 Å². The first kappa shape index (κ1) is 94.6. The van der Waals surface area contributed by atoms with Crippen LogP contribution in [0, 0.1) is 27.7 Å². The molecule has 15 N–H and O–H groups in total. The van der Waals surface area contributed by atoms with Crippen LogP contribution in [0.4, 0.5) is 29.7 Å². The Hall–Kier alpha value is -12.1. The Balaban J connectivity index is 0.000000153. The Bertz CT molecular complexity index is 6760. The van der Waals surface area contributed by atoms with Crippen molar-refractivity contribution < 1.29 is 52.1 Å². The van der Waals surface area contributed by atoms with Gasteiger partial charge < -0.3 is 106 Å². The molecule has 0 fully saturated rings. The van der Waals surface area contributed by atoms with Gasteiger partial charge in [0.15, 0.2) is 77.0 Å². The summed E-state index contributed by atoms with van der Waals surface area (Å²) >= 11 is 56.5. The average Bonchev–Trinajstić information content (AvgIpc) is 1.59. The number of nitrogens with zero attached hydrogens (tertiary/aromatic N) is 15. The number of halogens is 10. The third kappa shape index (κ3) is 18.9. The molecule has 5 aromatic carbocycles. The Morgan fingerprint density at radius 3 is 0.817 bits per heavy atom. The van der Waals surface area contributed by atoms with E-state index in [2.05, 4.69) is 107 Å². The van der Waals surface area contributed by atoms with E-state index in [1.54, 1.807) is 46.6 Å². The van der Waals surface area contributed by atoms with Crippen LogP contribution in [0.1, 0.15) is 50.1 Å². The van der Waals surface area contributed by atoms with Crippen molar-refractivity contribution in [2.75, 3.05) is 107 Å². The molecule has 0 aliphatic carbocycles. The number of fused-ring (bicyclic) bond motifs is 5. The van der Waals surface area contributed by atoms with E-state index >= 15 is 0 Å². The number of aryl methyl sites for hydroxylation is 1. The molecule has 0 saturated carbocycles. The lowest BCUT2D eigenvalue weighted by Crippen LogP contribution is -2.18. The molecule has 0 atom stereocenters. The van der Waals surface area contributed by atoms with Gasteiger partial charge in [-0.3, -0.25) is 22.8 Å². The van der Waals surface area contributed by atoms with Crippen LogP contribution in [0.3, 0.4) is 0 Å². The quantitative estimate of drug-likeness (QED) is 0.0299. The summed E-state index contributed by atoms with van der Waals surface area (Å²) in [6.45, 7) is 8.28. The standard InChI is InChI=1S/C15H15BrClN5O4.C15H15BrClN5O3.C15H15Cl2N5O4.C15H15Cl2N5O3.C15H15Cl2N5O2/c1-24-7-4-6(8(16)11(26-3)10(7)25-2)5-22-13-9(19-15(22)23)12(17)20-14(18)21-13;1-6-8(24-2)4-7(9(16)11(6)25-3)5-22-13-10(19-15(22)23)12(17)20-14(18)21-13;1-24-7-4-6(8(16)11(26-3)10(7)25-2)5-22-13-9(19-15(22)23)12(17)20-14(18)21-13;1-6-8(24-2)4-7(9(16)11(6)25-3)5-22-13-10(19-15(22)23)12(17)20-14(18)21-13;1-6-4-8(9(16)7(2)11(6)24-3)5-22-13-10(19-15(22)23)12(17)20-14(18)21-13/h4H,5H2,1-3H3,(H,19,23)(H2,18,20,21);4H,5H2,1-3H3,(H,19,23)(H2,18,20,21);4H,5H2,1-3H3,(H,19,23)(H2,18,20,21);4H,5H2,1-3H3,(H,19,23)(H2,18,20,21);4H,5H2,1-3H3,(H,19,23)(H2,18,20,21). The zero-order valence-corrected chi connectivity index (χ0v) is 78.0. The number of hydrogen-bond acceptors (Lipinski definition) is 31. The minimum atomic E-state index is -0.438.